The van der Waals surface area contributed by atoms with Crippen molar-refractivity contribution in [3.05, 3.63) is 0 Å². The largest absolute Gasteiger partial charge is 0.327 e. The number of hydrogen-bond donors (Lipinski definition) is 0. The van der Waals surface area contributed by atoms with E-state index < -0.39 is 7.60 Å². The zero-order valence-corrected chi connectivity index (χ0v) is 14.7. The van der Waals surface area contributed by atoms with Gasteiger partial charge in [-0.05, 0) is 51.1 Å². The Bertz CT molecular complexity index is 348. The van der Waals surface area contributed by atoms with E-state index in [4.69, 9.17) is 9.05 Å². The van der Waals surface area contributed by atoms with Gasteiger partial charge in [0.25, 0.3) is 0 Å². The molecule has 0 saturated carbocycles. The van der Waals surface area contributed by atoms with Gasteiger partial charge in [0.1, 0.15) is 0 Å². The molecule has 2 fully saturated rings. The summed E-state index contributed by atoms with van der Waals surface area (Å²) in [6, 6.07) is 0.646. The Morgan fingerprint density at radius 1 is 1.10 bits per heavy atom. The van der Waals surface area contributed by atoms with Crippen LogP contribution in [-0.4, -0.2) is 43.9 Å². The minimum absolute atomic E-state index is 0.534. The lowest BCUT2D eigenvalue weighted by Gasteiger charge is -2.44. The lowest BCUT2D eigenvalue weighted by atomic mass is 9.84. The molecule has 1 unspecified atom stereocenters. The topological polar surface area (TPSA) is 38.8 Å². The van der Waals surface area contributed by atoms with E-state index in [2.05, 4.69) is 11.8 Å². The molecule has 2 aliphatic heterocycles. The quantitative estimate of drug-likeness (QED) is 0.494. The highest BCUT2D eigenvalue weighted by molar-refractivity contribution is 7.52. The van der Waals surface area contributed by atoms with Crippen LogP contribution in [0.25, 0.3) is 0 Å². The van der Waals surface area contributed by atoms with Gasteiger partial charge in [0.05, 0.1) is 13.2 Å². The summed E-state index contributed by atoms with van der Waals surface area (Å²) in [5.41, 5.74) is 0. The molecule has 4 nitrogen and oxygen atoms in total. The molecule has 2 saturated heterocycles. The Labute approximate surface area is 130 Å². The van der Waals surface area contributed by atoms with Gasteiger partial charge >= 0.3 is 7.60 Å². The summed E-state index contributed by atoms with van der Waals surface area (Å²) in [4.78, 5) is 2.61. The molecule has 0 spiro atoms. The first-order chi connectivity index (χ1) is 10.1. The van der Waals surface area contributed by atoms with E-state index in [-0.39, 0.29) is 0 Å². The minimum Gasteiger partial charge on any atom is -0.309 e. The molecule has 2 aliphatic rings. The summed E-state index contributed by atoms with van der Waals surface area (Å²) >= 11 is 0. The number of hydrogen-bond acceptors (Lipinski definition) is 4. The van der Waals surface area contributed by atoms with Gasteiger partial charge in [0.2, 0.25) is 0 Å². The normalized spacial score (nSPS) is 29.8. The second-order valence-electron chi connectivity index (χ2n) is 6.61. The van der Waals surface area contributed by atoms with Gasteiger partial charge in [0.15, 0.2) is 0 Å². The van der Waals surface area contributed by atoms with Crippen LogP contribution in [0.5, 0.6) is 0 Å². The molecule has 2 rings (SSSR count). The summed E-state index contributed by atoms with van der Waals surface area (Å²) in [6.07, 6.45) is 9.63. The summed E-state index contributed by atoms with van der Waals surface area (Å²) in [5, 5.41) is 0. The second kappa shape index (κ2) is 8.67. The monoisotopic (exact) mass is 317 g/mol. The van der Waals surface area contributed by atoms with Crippen LogP contribution < -0.4 is 0 Å². The van der Waals surface area contributed by atoms with Gasteiger partial charge in [-0.1, -0.05) is 26.2 Å². The average molecular weight is 317 g/mol. The molecule has 0 aromatic carbocycles. The predicted octanol–water partition coefficient (Wildman–Crippen LogP) is 4.30. The van der Waals surface area contributed by atoms with E-state index in [0.29, 0.717) is 25.2 Å². The third-order valence-electron chi connectivity index (χ3n) is 4.83. The Morgan fingerprint density at radius 2 is 1.90 bits per heavy atom. The van der Waals surface area contributed by atoms with Gasteiger partial charge in [-0.25, -0.2) is 0 Å². The van der Waals surface area contributed by atoms with Crippen LogP contribution in [0.4, 0.5) is 0 Å². The Morgan fingerprint density at radius 3 is 2.71 bits per heavy atom. The molecule has 5 heteroatoms. The maximum absolute atomic E-state index is 12.3. The van der Waals surface area contributed by atoms with Crippen molar-refractivity contribution in [3.8, 4) is 0 Å². The molecule has 21 heavy (non-hydrogen) atoms. The van der Waals surface area contributed by atoms with Crippen molar-refractivity contribution in [2.24, 2.45) is 5.92 Å². The zero-order valence-electron chi connectivity index (χ0n) is 13.8. The van der Waals surface area contributed by atoms with Crippen LogP contribution in [0, 0.1) is 5.92 Å². The van der Waals surface area contributed by atoms with Crippen LogP contribution >= 0.6 is 7.60 Å². The molecule has 0 aromatic rings. The zero-order chi connectivity index (χ0) is 15.1. The van der Waals surface area contributed by atoms with Gasteiger partial charge in [-0.3, -0.25) is 4.57 Å². The van der Waals surface area contributed by atoms with Crippen LogP contribution in [0.2, 0.25) is 0 Å². The van der Waals surface area contributed by atoms with Crippen molar-refractivity contribution in [1.82, 2.24) is 4.90 Å². The molecular formula is C16H32NO3P. The highest BCUT2D eigenvalue weighted by atomic mass is 31.2. The first kappa shape index (κ1) is 17.5. The van der Waals surface area contributed by atoms with Gasteiger partial charge < -0.3 is 13.9 Å². The average Bonchev–Trinajstić information content (AvgIpc) is 2.50. The molecule has 0 N–H and O–H groups in total. The maximum atomic E-state index is 12.3. The van der Waals surface area contributed by atoms with Crippen LogP contribution in [-0.2, 0) is 13.6 Å². The van der Waals surface area contributed by atoms with Gasteiger partial charge in [-0.15, -0.1) is 0 Å². The lowest BCUT2D eigenvalue weighted by molar-refractivity contribution is 0.0329. The number of unbranched alkanes of at least 4 members (excludes halogenated alkanes) is 2. The van der Waals surface area contributed by atoms with Crippen LogP contribution in [0.15, 0.2) is 0 Å². The molecule has 3 atom stereocenters. The Balaban J connectivity index is 1.74. The SMILES string of the molecule is CCCCCOP(C)(=O)OC[C@@H]1CCCN2CCCC[C@H]12. The van der Waals surface area contributed by atoms with Crippen LogP contribution in [0.1, 0.15) is 58.3 Å². The number of nitrogens with zero attached hydrogens (tertiary/aromatic N) is 1. The molecular weight excluding hydrogens is 285 g/mol. The third kappa shape index (κ3) is 5.67. The molecule has 0 aliphatic carbocycles. The molecule has 0 bridgehead atoms. The Kier molecular flexibility index (Phi) is 7.21. The van der Waals surface area contributed by atoms with E-state index in [1.54, 1.807) is 6.66 Å². The van der Waals surface area contributed by atoms with Crippen molar-refractivity contribution in [1.29, 1.82) is 0 Å². The fourth-order valence-corrected chi connectivity index (χ4v) is 4.62. The number of fused-ring (bicyclic) bond motifs is 1. The van der Waals surface area contributed by atoms with Gasteiger partial charge in [0, 0.05) is 12.7 Å². The number of rotatable bonds is 8. The lowest BCUT2D eigenvalue weighted by Crippen LogP contribution is -2.49. The highest BCUT2D eigenvalue weighted by Crippen LogP contribution is 2.45. The van der Waals surface area contributed by atoms with Crippen molar-refractivity contribution in [2.75, 3.05) is 33.0 Å². The smallest absolute Gasteiger partial charge is 0.309 e. The van der Waals surface area contributed by atoms with Crippen LogP contribution in [0.3, 0.4) is 0 Å². The van der Waals surface area contributed by atoms with E-state index in [9.17, 15) is 4.57 Å². The molecule has 0 radical (unpaired) electrons. The van der Waals surface area contributed by atoms with Crippen molar-refractivity contribution in [3.63, 3.8) is 0 Å². The predicted molar refractivity (Wildman–Crippen MR) is 86.9 cm³/mol. The minimum atomic E-state index is -2.87. The summed E-state index contributed by atoms with van der Waals surface area (Å²) in [7, 11) is -2.87. The second-order valence-corrected chi connectivity index (χ2v) is 8.67. The summed E-state index contributed by atoms with van der Waals surface area (Å²) in [6.45, 7) is 7.41. The molecule has 0 amide bonds. The molecule has 0 aromatic heterocycles. The molecule has 124 valence electrons. The summed E-state index contributed by atoms with van der Waals surface area (Å²) in [5.74, 6) is 0.534. The number of piperidine rings is 2. The maximum Gasteiger partial charge on any atom is 0.327 e. The third-order valence-corrected chi connectivity index (χ3v) is 6.10. The molecule has 2 heterocycles. The Hall–Kier alpha value is 0.110. The van der Waals surface area contributed by atoms with Crippen molar-refractivity contribution < 1.29 is 13.6 Å². The first-order valence-corrected chi connectivity index (χ1v) is 10.7. The fraction of sp³-hybridized carbons (Fsp3) is 1.00. The van der Waals surface area contributed by atoms with Gasteiger partial charge in [-0.2, -0.15) is 0 Å². The van der Waals surface area contributed by atoms with Crippen molar-refractivity contribution in [2.45, 2.75) is 64.3 Å². The fourth-order valence-electron chi connectivity index (χ4n) is 3.62. The van der Waals surface area contributed by atoms with Crippen molar-refractivity contribution >= 4 is 7.60 Å². The van der Waals surface area contributed by atoms with E-state index in [1.807, 2.05) is 0 Å². The standard InChI is InChI=1S/C16H32NO3P/c1-3-4-7-13-19-21(2,18)20-14-15-9-8-12-17-11-6-5-10-16(15)17/h15-16H,3-14H2,1-2H3/t15-,16+,21?/m0/s1. The van der Waals surface area contributed by atoms with E-state index in [1.165, 1.54) is 45.2 Å². The summed E-state index contributed by atoms with van der Waals surface area (Å²) < 4.78 is 23.5. The van der Waals surface area contributed by atoms with E-state index in [0.717, 1.165) is 19.3 Å². The highest BCUT2D eigenvalue weighted by Gasteiger charge is 2.34. The first-order valence-electron chi connectivity index (χ1n) is 8.73. The van der Waals surface area contributed by atoms with E-state index >= 15 is 0 Å².